The van der Waals surface area contributed by atoms with Crippen LogP contribution in [0, 0.1) is 6.92 Å². The van der Waals surface area contributed by atoms with Crippen LogP contribution in [0.15, 0.2) is 48.7 Å². The van der Waals surface area contributed by atoms with E-state index in [0.29, 0.717) is 17.3 Å². The van der Waals surface area contributed by atoms with Crippen molar-refractivity contribution in [3.05, 3.63) is 54.2 Å². The molecule has 4 heteroatoms. The minimum Gasteiger partial charge on any atom is -0.497 e. The van der Waals surface area contributed by atoms with Gasteiger partial charge in [0.1, 0.15) is 11.5 Å². The number of nitrogen functional groups attached to an aromatic ring is 1. The lowest BCUT2D eigenvalue weighted by Crippen LogP contribution is -1.95. The molecule has 2 aromatic carbocycles. The Labute approximate surface area is 123 Å². The molecule has 0 aliphatic carbocycles. The summed E-state index contributed by atoms with van der Waals surface area (Å²) in [5, 5.41) is 1.95. The molecule has 4 nitrogen and oxygen atoms in total. The van der Waals surface area contributed by atoms with E-state index in [1.165, 1.54) is 0 Å². The highest BCUT2D eigenvalue weighted by Crippen LogP contribution is 2.32. The van der Waals surface area contributed by atoms with Gasteiger partial charge in [-0.25, -0.2) is 4.98 Å². The van der Waals surface area contributed by atoms with Crippen molar-refractivity contribution >= 4 is 16.5 Å². The predicted octanol–water partition coefficient (Wildman–Crippen LogP) is 3.93. The third kappa shape index (κ3) is 2.48. The lowest BCUT2D eigenvalue weighted by molar-refractivity contribution is 0.415. The third-order valence-electron chi connectivity index (χ3n) is 3.47. The second-order valence-corrected chi connectivity index (χ2v) is 4.78. The maximum atomic E-state index is 5.94. The summed E-state index contributed by atoms with van der Waals surface area (Å²) >= 11 is 0. The van der Waals surface area contributed by atoms with E-state index in [-0.39, 0.29) is 0 Å². The Hall–Kier alpha value is -2.75. The zero-order valence-corrected chi connectivity index (χ0v) is 12.0. The predicted molar refractivity (Wildman–Crippen MR) is 84.0 cm³/mol. The number of nitrogens with two attached hydrogens (primary N) is 1. The Kier molecular flexibility index (Phi) is 3.36. The van der Waals surface area contributed by atoms with Gasteiger partial charge in [-0.15, -0.1) is 0 Å². The fourth-order valence-electron chi connectivity index (χ4n) is 2.18. The number of fused-ring (bicyclic) bond motifs is 1. The van der Waals surface area contributed by atoms with Crippen molar-refractivity contribution in [1.29, 1.82) is 0 Å². The normalized spacial score (nSPS) is 10.6. The van der Waals surface area contributed by atoms with Gasteiger partial charge in [0, 0.05) is 22.8 Å². The van der Waals surface area contributed by atoms with Crippen molar-refractivity contribution in [2.45, 2.75) is 6.92 Å². The average molecular weight is 280 g/mol. The minimum absolute atomic E-state index is 0.559. The standard InChI is InChI=1S/C17H16N2O2/c1-11-15(18)4-3-5-16(11)21-17-14-7-6-13(20-2)10-12(14)8-9-19-17/h3-10H,18H2,1-2H3. The zero-order chi connectivity index (χ0) is 14.8. The van der Waals surface area contributed by atoms with Gasteiger partial charge >= 0.3 is 0 Å². The first-order chi connectivity index (χ1) is 10.2. The van der Waals surface area contributed by atoms with Crippen LogP contribution in [0.25, 0.3) is 10.8 Å². The number of aromatic nitrogens is 1. The summed E-state index contributed by atoms with van der Waals surface area (Å²) in [4.78, 5) is 4.32. The second kappa shape index (κ2) is 5.32. The van der Waals surface area contributed by atoms with Gasteiger partial charge < -0.3 is 15.2 Å². The van der Waals surface area contributed by atoms with Crippen LogP contribution in [0.2, 0.25) is 0 Å². The summed E-state index contributed by atoms with van der Waals surface area (Å²) in [7, 11) is 1.65. The lowest BCUT2D eigenvalue weighted by Gasteiger charge is -2.11. The highest BCUT2D eigenvalue weighted by Gasteiger charge is 2.09. The first-order valence-electron chi connectivity index (χ1n) is 6.65. The maximum absolute atomic E-state index is 5.94. The van der Waals surface area contributed by atoms with Crippen molar-refractivity contribution in [2.24, 2.45) is 0 Å². The van der Waals surface area contributed by atoms with Crippen molar-refractivity contribution < 1.29 is 9.47 Å². The Morgan fingerprint density at radius 1 is 1.10 bits per heavy atom. The number of nitrogens with zero attached hydrogens (tertiary/aromatic N) is 1. The summed E-state index contributed by atoms with van der Waals surface area (Å²) in [6.45, 7) is 1.93. The number of hydrogen-bond donors (Lipinski definition) is 1. The van der Waals surface area contributed by atoms with Crippen LogP contribution in [0.3, 0.4) is 0 Å². The largest absolute Gasteiger partial charge is 0.497 e. The molecule has 0 radical (unpaired) electrons. The molecule has 1 heterocycles. The Morgan fingerprint density at radius 2 is 1.95 bits per heavy atom. The van der Waals surface area contributed by atoms with Crippen LogP contribution in [0.4, 0.5) is 5.69 Å². The van der Waals surface area contributed by atoms with Gasteiger partial charge in [0.2, 0.25) is 5.88 Å². The molecule has 0 spiro atoms. The lowest BCUT2D eigenvalue weighted by atomic mass is 10.1. The van der Waals surface area contributed by atoms with Gasteiger partial charge in [-0.1, -0.05) is 6.07 Å². The number of pyridine rings is 1. The second-order valence-electron chi connectivity index (χ2n) is 4.78. The molecule has 0 aliphatic heterocycles. The smallest absolute Gasteiger partial charge is 0.227 e. The molecule has 0 fully saturated rings. The van der Waals surface area contributed by atoms with Crippen LogP contribution in [-0.4, -0.2) is 12.1 Å². The van der Waals surface area contributed by atoms with Gasteiger partial charge in [-0.05, 0) is 48.7 Å². The van der Waals surface area contributed by atoms with Crippen molar-refractivity contribution in [2.75, 3.05) is 12.8 Å². The first-order valence-corrected chi connectivity index (χ1v) is 6.65. The van der Waals surface area contributed by atoms with E-state index in [1.54, 1.807) is 13.3 Å². The number of benzene rings is 2. The molecule has 3 aromatic rings. The molecule has 0 bridgehead atoms. The molecule has 21 heavy (non-hydrogen) atoms. The van der Waals surface area contributed by atoms with Crippen LogP contribution in [0.1, 0.15) is 5.56 Å². The summed E-state index contributed by atoms with van der Waals surface area (Å²) < 4.78 is 11.2. The van der Waals surface area contributed by atoms with E-state index < -0.39 is 0 Å². The van der Waals surface area contributed by atoms with Gasteiger partial charge in [-0.2, -0.15) is 0 Å². The zero-order valence-electron chi connectivity index (χ0n) is 12.0. The third-order valence-corrected chi connectivity index (χ3v) is 3.47. The van der Waals surface area contributed by atoms with E-state index >= 15 is 0 Å². The molecular formula is C17H16N2O2. The molecule has 0 aliphatic rings. The van der Waals surface area contributed by atoms with Crippen molar-refractivity contribution in [1.82, 2.24) is 4.98 Å². The van der Waals surface area contributed by atoms with Crippen molar-refractivity contribution in [3.8, 4) is 17.4 Å². The highest BCUT2D eigenvalue weighted by molar-refractivity contribution is 5.88. The van der Waals surface area contributed by atoms with E-state index in [9.17, 15) is 0 Å². The summed E-state index contributed by atoms with van der Waals surface area (Å²) in [5.41, 5.74) is 7.52. The topological polar surface area (TPSA) is 57.4 Å². The van der Waals surface area contributed by atoms with E-state index in [0.717, 1.165) is 22.1 Å². The maximum Gasteiger partial charge on any atom is 0.227 e. The molecule has 0 unspecified atom stereocenters. The number of methoxy groups -OCH3 is 1. The van der Waals surface area contributed by atoms with E-state index in [1.807, 2.05) is 49.4 Å². The molecule has 0 atom stereocenters. The van der Waals surface area contributed by atoms with Crippen LogP contribution in [0.5, 0.6) is 17.4 Å². The molecule has 1 aromatic heterocycles. The number of ether oxygens (including phenoxy) is 2. The summed E-state index contributed by atoms with van der Waals surface area (Å²) in [5.74, 6) is 2.08. The Bertz CT molecular complexity index is 800. The quantitative estimate of drug-likeness (QED) is 0.739. The summed E-state index contributed by atoms with van der Waals surface area (Å²) in [6.07, 6.45) is 1.72. The molecule has 3 rings (SSSR count). The monoisotopic (exact) mass is 280 g/mol. The fraction of sp³-hybridized carbons (Fsp3) is 0.118. The average Bonchev–Trinajstić information content (AvgIpc) is 2.51. The Balaban J connectivity index is 2.06. The van der Waals surface area contributed by atoms with Gasteiger partial charge in [0.05, 0.1) is 7.11 Å². The molecule has 0 saturated carbocycles. The number of rotatable bonds is 3. The fourth-order valence-corrected chi connectivity index (χ4v) is 2.18. The first kappa shape index (κ1) is 13.2. The molecule has 0 amide bonds. The SMILES string of the molecule is COc1ccc2c(Oc3cccc(N)c3C)nccc2c1. The number of anilines is 1. The minimum atomic E-state index is 0.559. The van der Waals surface area contributed by atoms with Gasteiger partial charge in [0.25, 0.3) is 0 Å². The van der Waals surface area contributed by atoms with E-state index in [2.05, 4.69) is 4.98 Å². The van der Waals surface area contributed by atoms with Crippen molar-refractivity contribution in [3.63, 3.8) is 0 Å². The molecule has 0 saturated heterocycles. The van der Waals surface area contributed by atoms with E-state index in [4.69, 9.17) is 15.2 Å². The molecule has 2 N–H and O–H groups in total. The van der Waals surface area contributed by atoms with Crippen LogP contribution in [-0.2, 0) is 0 Å². The van der Waals surface area contributed by atoms with Gasteiger partial charge in [0.15, 0.2) is 0 Å². The van der Waals surface area contributed by atoms with Crippen LogP contribution < -0.4 is 15.2 Å². The molecular weight excluding hydrogens is 264 g/mol. The number of hydrogen-bond acceptors (Lipinski definition) is 4. The summed E-state index contributed by atoms with van der Waals surface area (Å²) in [6, 6.07) is 13.3. The Morgan fingerprint density at radius 3 is 2.76 bits per heavy atom. The molecule has 106 valence electrons. The van der Waals surface area contributed by atoms with Crippen LogP contribution >= 0.6 is 0 Å². The van der Waals surface area contributed by atoms with Gasteiger partial charge in [-0.3, -0.25) is 0 Å². The highest BCUT2D eigenvalue weighted by atomic mass is 16.5.